The summed E-state index contributed by atoms with van der Waals surface area (Å²) >= 11 is 3.58. The molecule has 0 aromatic carbocycles. The van der Waals surface area contributed by atoms with Crippen molar-refractivity contribution in [2.75, 3.05) is 5.75 Å². The van der Waals surface area contributed by atoms with Gasteiger partial charge in [-0.3, -0.25) is 4.79 Å². The summed E-state index contributed by atoms with van der Waals surface area (Å²) in [6, 6.07) is 0. The number of carbonyl (C=O) groups is 1. The van der Waals surface area contributed by atoms with E-state index in [1.165, 1.54) is 18.6 Å². The van der Waals surface area contributed by atoms with Crippen LogP contribution in [0.5, 0.6) is 0 Å². The molecule has 0 spiro atoms. The van der Waals surface area contributed by atoms with Gasteiger partial charge in [0.05, 0.1) is 5.25 Å². The molecule has 4 heteroatoms. The second kappa shape index (κ2) is 3.80. The van der Waals surface area contributed by atoms with Crippen LogP contribution in [-0.2, 0) is 0 Å². The molecule has 0 aliphatic carbocycles. The highest BCUT2D eigenvalue weighted by Gasteiger charge is 2.21. The van der Waals surface area contributed by atoms with Crippen molar-refractivity contribution < 1.29 is 4.79 Å². The fourth-order valence-corrected chi connectivity index (χ4v) is 3.76. The molecular formula is C9H11NOS2. The van der Waals surface area contributed by atoms with Crippen LogP contribution in [0.3, 0.4) is 0 Å². The lowest BCUT2D eigenvalue weighted by atomic mass is 10.2. The summed E-state index contributed by atoms with van der Waals surface area (Å²) < 4.78 is 0. The molecule has 2 nitrogen and oxygen atoms in total. The van der Waals surface area contributed by atoms with Crippen LogP contribution in [0.2, 0.25) is 0 Å². The molecular weight excluding hydrogens is 202 g/mol. The van der Waals surface area contributed by atoms with E-state index >= 15 is 0 Å². The smallest absolute Gasteiger partial charge is 0.178 e. The Labute approximate surface area is 85.8 Å². The van der Waals surface area contributed by atoms with E-state index in [1.54, 1.807) is 18.3 Å². The van der Waals surface area contributed by atoms with Crippen molar-refractivity contribution in [1.29, 1.82) is 0 Å². The molecule has 0 amide bonds. The zero-order valence-corrected chi connectivity index (χ0v) is 9.08. The second-order valence-electron chi connectivity index (χ2n) is 3.13. The number of ketones is 1. The Kier molecular flexibility index (Phi) is 2.69. The van der Waals surface area contributed by atoms with Crippen molar-refractivity contribution in [1.82, 2.24) is 4.98 Å². The van der Waals surface area contributed by atoms with Crippen LogP contribution in [-0.4, -0.2) is 16.5 Å². The molecule has 1 saturated heterocycles. The van der Waals surface area contributed by atoms with Crippen LogP contribution < -0.4 is 0 Å². The van der Waals surface area contributed by atoms with Gasteiger partial charge < -0.3 is 0 Å². The zero-order valence-electron chi connectivity index (χ0n) is 7.45. The summed E-state index contributed by atoms with van der Waals surface area (Å²) in [4.78, 5) is 15.4. The summed E-state index contributed by atoms with van der Waals surface area (Å²) in [6.07, 6.45) is 2.50. The molecule has 2 rings (SSSR count). The Balaban J connectivity index is 2.16. The van der Waals surface area contributed by atoms with E-state index in [-0.39, 0.29) is 5.78 Å². The predicted octanol–water partition coefficient (Wildman–Crippen LogP) is 2.91. The van der Waals surface area contributed by atoms with E-state index in [0.29, 0.717) is 10.9 Å². The molecule has 70 valence electrons. The molecule has 13 heavy (non-hydrogen) atoms. The van der Waals surface area contributed by atoms with Gasteiger partial charge in [0.2, 0.25) is 0 Å². The molecule has 1 aliphatic heterocycles. The van der Waals surface area contributed by atoms with Gasteiger partial charge in [0, 0.05) is 12.3 Å². The molecule has 1 aromatic heterocycles. The first kappa shape index (κ1) is 9.21. The van der Waals surface area contributed by atoms with Gasteiger partial charge in [-0.1, -0.05) is 0 Å². The van der Waals surface area contributed by atoms with Crippen molar-refractivity contribution in [3.63, 3.8) is 0 Å². The van der Waals surface area contributed by atoms with E-state index in [1.807, 2.05) is 17.1 Å². The third-order valence-electron chi connectivity index (χ3n) is 2.09. The molecule has 1 aliphatic rings. The highest BCUT2D eigenvalue weighted by molar-refractivity contribution is 7.99. The van der Waals surface area contributed by atoms with Crippen molar-refractivity contribution in [2.24, 2.45) is 0 Å². The first-order valence-electron chi connectivity index (χ1n) is 4.35. The van der Waals surface area contributed by atoms with E-state index < -0.39 is 0 Å². The van der Waals surface area contributed by atoms with Crippen LogP contribution in [0, 0.1) is 0 Å². The lowest BCUT2D eigenvalue weighted by molar-refractivity contribution is 0.101. The Morgan fingerprint density at radius 1 is 1.69 bits per heavy atom. The first-order valence-corrected chi connectivity index (χ1v) is 6.28. The van der Waals surface area contributed by atoms with Crippen LogP contribution in [0.4, 0.5) is 0 Å². The van der Waals surface area contributed by atoms with Crippen molar-refractivity contribution >= 4 is 28.9 Å². The van der Waals surface area contributed by atoms with E-state index in [4.69, 9.17) is 0 Å². The number of rotatable bonds is 2. The molecule has 1 atom stereocenters. The normalized spacial score (nSPS) is 22.1. The number of nitrogens with zero attached hydrogens (tertiary/aromatic N) is 1. The van der Waals surface area contributed by atoms with Crippen LogP contribution in [0.25, 0.3) is 0 Å². The SMILES string of the molecule is CC(=O)c1csc(C2CCCS2)n1. The van der Waals surface area contributed by atoms with E-state index in [0.717, 1.165) is 5.01 Å². The number of aromatic nitrogens is 1. The molecule has 1 unspecified atom stereocenters. The van der Waals surface area contributed by atoms with Gasteiger partial charge in [-0.15, -0.1) is 11.3 Å². The van der Waals surface area contributed by atoms with Gasteiger partial charge in [-0.25, -0.2) is 4.98 Å². The minimum atomic E-state index is 0.0745. The lowest BCUT2D eigenvalue weighted by Gasteiger charge is -2.01. The Morgan fingerprint density at radius 2 is 2.54 bits per heavy atom. The van der Waals surface area contributed by atoms with E-state index in [9.17, 15) is 4.79 Å². The Morgan fingerprint density at radius 3 is 3.08 bits per heavy atom. The summed E-state index contributed by atoms with van der Waals surface area (Å²) in [5.41, 5.74) is 0.632. The van der Waals surface area contributed by atoms with Gasteiger partial charge in [-0.2, -0.15) is 11.8 Å². The van der Waals surface area contributed by atoms with Crippen LogP contribution in [0.1, 0.15) is 40.5 Å². The van der Waals surface area contributed by atoms with Crippen molar-refractivity contribution in [2.45, 2.75) is 25.0 Å². The number of carbonyl (C=O) groups excluding carboxylic acids is 1. The number of thioether (sulfide) groups is 1. The van der Waals surface area contributed by atoms with Crippen LogP contribution >= 0.6 is 23.1 Å². The first-order chi connectivity index (χ1) is 6.27. The maximum Gasteiger partial charge on any atom is 0.178 e. The standard InChI is InChI=1S/C9H11NOS2/c1-6(11)7-5-13-9(10-7)8-3-2-4-12-8/h5,8H,2-4H2,1H3. The molecule has 0 radical (unpaired) electrons. The average Bonchev–Trinajstić information content (AvgIpc) is 2.75. The largest absolute Gasteiger partial charge is 0.293 e. The quantitative estimate of drug-likeness (QED) is 0.707. The topological polar surface area (TPSA) is 30.0 Å². The molecule has 0 bridgehead atoms. The fraction of sp³-hybridized carbons (Fsp3) is 0.556. The minimum absolute atomic E-state index is 0.0745. The Bertz CT molecular complexity index is 315. The summed E-state index contributed by atoms with van der Waals surface area (Å²) in [5.74, 6) is 1.31. The summed E-state index contributed by atoms with van der Waals surface area (Å²) in [5, 5.41) is 3.56. The minimum Gasteiger partial charge on any atom is -0.293 e. The van der Waals surface area contributed by atoms with Crippen LogP contribution in [0.15, 0.2) is 5.38 Å². The van der Waals surface area contributed by atoms with E-state index in [2.05, 4.69) is 4.98 Å². The van der Waals surface area contributed by atoms with Gasteiger partial charge in [-0.05, 0) is 18.6 Å². The van der Waals surface area contributed by atoms with Gasteiger partial charge in [0.1, 0.15) is 10.7 Å². The summed E-state index contributed by atoms with van der Waals surface area (Å²) in [7, 11) is 0. The fourth-order valence-electron chi connectivity index (χ4n) is 1.37. The third kappa shape index (κ3) is 1.94. The monoisotopic (exact) mass is 213 g/mol. The number of Topliss-reactive ketones (excluding diaryl/α,β-unsaturated/α-hetero) is 1. The molecule has 0 saturated carbocycles. The number of hydrogen-bond acceptors (Lipinski definition) is 4. The Hall–Kier alpha value is -0.350. The van der Waals surface area contributed by atoms with Gasteiger partial charge in [0.15, 0.2) is 5.78 Å². The molecule has 1 fully saturated rings. The van der Waals surface area contributed by atoms with Crippen molar-refractivity contribution in [3.05, 3.63) is 16.1 Å². The van der Waals surface area contributed by atoms with Gasteiger partial charge in [0.25, 0.3) is 0 Å². The maximum atomic E-state index is 11.0. The summed E-state index contributed by atoms with van der Waals surface area (Å²) in [6.45, 7) is 1.57. The second-order valence-corrected chi connectivity index (χ2v) is 5.33. The number of hydrogen-bond donors (Lipinski definition) is 0. The highest BCUT2D eigenvalue weighted by Crippen LogP contribution is 2.40. The lowest BCUT2D eigenvalue weighted by Crippen LogP contribution is -1.94. The van der Waals surface area contributed by atoms with Gasteiger partial charge >= 0.3 is 0 Å². The molecule has 2 heterocycles. The molecule has 0 N–H and O–H groups in total. The third-order valence-corrected chi connectivity index (χ3v) is 4.58. The average molecular weight is 213 g/mol. The predicted molar refractivity (Wildman–Crippen MR) is 56.6 cm³/mol. The zero-order chi connectivity index (χ0) is 9.26. The number of thiazole rings is 1. The maximum absolute atomic E-state index is 11.0. The van der Waals surface area contributed by atoms with Crippen molar-refractivity contribution in [3.8, 4) is 0 Å². The molecule has 1 aromatic rings. The highest BCUT2D eigenvalue weighted by atomic mass is 32.2.